The van der Waals surface area contributed by atoms with Crippen molar-refractivity contribution in [2.45, 2.75) is 32.9 Å². The molecule has 1 aromatic rings. The lowest BCUT2D eigenvalue weighted by Crippen LogP contribution is -2.44. The summed E-state index contributed by atoms with van der Waals surface area (Å²) in [5, 5.41) is 2.92. The van der Waals surface area contributed by atoms with Crippen molar-refractivity contribution in [2.75, 3.05) is 0 Å². The second kappa shape index (κ2) is 6.17. The Labute approximate surface area is 111 Å². The van der Waals surface area contributed by atoms with Gasteiger partial charge in [-0.3, -0.25) is 4.79 Å². The minimum Gasteiger partial charge on any atom is -0.348 e. The van der Waals surface area contributed by atoms with Crippen LogP contribution in [0.5, 0.6) is 0 Å². The number of amides is 1. The van der Waals surface area contributed by atoms with E-state index < -0.39 is 6.04 Å². The topological polar surface area (TPSA) is 55.1 Å². The van der Waals surface area contributed by atoms with Crippen LogP contribution in [0, 0.1) is 5.92 Å². The van der Waals surface area contributed by atoms with Gasteiger partial charge < -0.3 is 11.1 Å². The Balaban J connectivity index is 2.70. The molecule has 0 saturated heterocycles. The van der Waals surface area contributed by atoms with Gasteiger partial charge >= 0.3 is 0 Å². The summed E-state index contributed by atoms with van der Waals surface area (Å²) in [6.45, 7) is 5.83. The molecule has 0 fully saturated rings. The molecular weight excluding hydrogens is 280 g/mol. The molecule has 0 spiro atoms. The minimum atomic E-state index is -0.458. The number of hydrogen-bond acceptors (Lipinski definition) is 2. The number of halogens is 1. The summed E-state index contributed by atoms with van der Waals surface area (Å²) in [7, 11) is 0. The average Bonchev–Trinajstić information content (AvgIpc) is 2.28. The Hall–Kier alpha value is -0.870. The van der Waals surface area contributed by atoms with Gasteiger partial charge in [0.05, 0.1) is 12.1 Å². The lowest BCUT2D eigenvalue weighted by Gasteiger charge is -2.20. The first-order valence-corrected chi connectivity index (χ1v) is 6.53. The van der Waals surface area contributed by atoms with Crippen molar-refractivity contribution >= 4 is 21.8 Å². The Morgan fingerprint density at radius 2 is 1.88 bits per heavy atom. The number of nitrogens with one attached hydrogen (secondary N) is 1. The molecule has 17 heavy (non-hydrogen) atoms. The highest BCUT2D eigenvalue weighted by Gasteiger charge is 2.20. The maximum atomic E-state index is 11.8. The fraction of sp³-hybridized carbons (Fsp3) is 0.462. The smallest absolute Gasteiger partial charge is 0.237 e. The van der Waals surface area contributed by atoms with Gasteiger partial charge in [-0.25, -0.2) is 0 Å². The van der Waals surface area contributed by atoms with Crippen molar-refractivity contribution in [1.82, 2.24) is 5.32 Å². The highest BCUT2D eigenvalue weighted by molar-refractivity contribution is 9.10. The van der Waals surface area contributed by atoms with E-state index in [1.54, 1.807) is 0 Å². The summed E-state index contributed by atoms with van der Waals surface area (Å²) in [4.78, 5) is 11.8. The van der Waals surface area contributed by atoms with E-state index in [1.165, 1.54) is 0 Å². The normalized spacial score (nSPS) is 14.5. The summed E-state index contributed by atoms with van der Waals surface area (Å²) in [6, 6.07) is 7.33. The molecule has 0 bridgehead atoms. The fourth-order valence-electron chi connectivity index (χ4n) is 1.52. The van der Waals surface area contributed by atoms with E-state index in [0.717, 1.165) is 10.0 Å². The number of carbonyl (C=O) groups is 1. The maximum absolute atomic E-state index is 11.8. The van der Waals surface area contributed by atoms with Crippen LogP contribution >= 0.6 is 15.9 Å². The predicted octanol–water partition coefficient (Wildman–Crippen LogP) is 2.61. The third-order valence-corrected chi connectivity index (χ3v) is 3.47. The van der Waals surface area contributed by atoms with Gasteiger partial charge in [-0.15, -0.1) is 0 Å². The van der Waals surface area contributed by atoms with Crippen LogP contribution in [-0.4, -0.2) is 11.9 Å². The van der Waals surface area contributed by atoms with Crippen LogP contribution in [0.1, 0.15) is 32.4 Å². The van der Waals surface area contributed by atoms with E-state index in [9.17, 15) is 4.79 Å². The van der Waals surface area contributed by atoms with Crippen molar-refractivity contribution in [1.29, 1.82) is 0 Å². The Morgan fingerprint density at radius 1 is 1.29 bits per heavy atom. The standard InChI is InChI=1S/C13H19BrN2O/c1-8(2)12(15)13(17)16-9(3)10-6-4-5-7-11(10)14/h4-9,12H,15H2,1-3H3,(H,16,17)/t9?,12-/m0/s1. The molecule has 3 N–H and O–H groups in total. The zero-order valence-electron chi connectivity index (χ0n) is 10.4. The third kappa shape index (κ3) is 3.82. The van der Waals surface area contributed by atoms with Crippen LogP contribution < -0.4 is 11.1 Å². The van der Waals surface area contributed by atoms with Crippen molar-refractivity contribution < 1.29 is 4.79 Å². The quantitative estimate of drug-likeness (QED) is 0.898. The summed E-state index contributed by atoms with van der Waals surface area (Å²) in [6.07, 6.45) is 0. The van der Waals surface area contributed by atoms with Gasteiger partial charge in [0.25, 0.3) is 0 Å². The van der Waals surface area contributed by atoms with Crippen LogP contribution in [0.25, 0.3) is 0 Å². The van der Waals surface area contributed by atoms with Crippen LogP contribution in [0.3, 0.4) is 0 Å². The zero-order chi connectivity index (χ0) is 13.0. The van der Waals surface area contributed by atoms with Crippen LogP contribution in [0.15, 0.2) is 28.7 Å². The van der Waals surface area contributed by atoms with E-state index >= 15 is 0 Å². The number of nitrogens with two attached hydrogens (primary N) is 1. The molecular formula is C13H19BrN2O. The second-order valence-electron chi connectivity index (χ2n) is 4.52. The van der Waals surface area contributed by atoms with E-state index in [0.29, 0.717) is 0 Å². The third-order valence-electron chi connectivity index (χ3n) is 2.75. The molecule has 0 radical (unpaired) electrons. The number of carbonyl (C=O) groups excluding carboxylic acids is 1. The zero-order valence-corrected chi connectivity index (χ0v) is 12.0. The van der Waals surface area contributed by atoms with Crippen molar-refractivity contribution in [3.63, 3.8) is 0 Å². The molecule has 1 unspecified atom stereocenters. The lowest BCUT2D eigenvalue weighted by molar-refractivity contribution is -0.123. The molecule has 94 valence electrons. The molecule has 2 atom stereocenters. The van der Waals surface area contributed by atoms with Crippen molar-refractivity contribution in [3.8, 4) is 0 Å². The summed E-state index contributed by atoms with van der Waals surface area (Å²) < 4.78 is 0.992. The van der Waals surface area contributed by atoms with Crippen LogP contribution in [0.2, 0.25) is 0 Å². The van der Waals surface area contributed by atoms with Gasteiger partial charge in [-0.05, 0) is 24.5 Å². The molecule has 0 aliphatic heterocycles. The summed E-state index contributed by atoms with van der Waals surface area (Å²) in [5.41, 5.74) is 6.85. The number of hydrogen-bond donors (Lipinski definition) is 2. The van der Waals surface area contributed by atoms with Crippen LogP contribution in [-0.2, 0) is 4.79 Å². The van der Waals surface area contributed by atoms with E-state index in [2.05, 4.69) is 21.2 Å². The second-order valence-corrected chi connectivity index (χ2v) is 5.38. The highest BCUT2D eigenvalue weighted by Crippen LogP contribution is 2.22. The van der Waals surface area contributed by atoms with E-state index in [1.807, 2.05) is 45.0 Å². The Bertz CT molecular complexity index is 393. The fourth-order valence-corrected chi connectivity index (χ4v) is 2.14. The highest BCUT2D eigenvalue weighted by atomic mass is 79.9. The molecule has 1 amide bonds. The summed E-state index contributed by atoms with van der Waals surface area (Å²) >= 11 is 3.47. The molecule has 1 rings (SSSR count). The largest absolute Gasteiger partial charge is 0.348 e. The summed E-state index contributed by atoms with van der Waals surface area (Å²) in [5.74, 6) is 0.0321. The Morgan fingerprint density at radius 3 is 2.41 bits per heavy atom. The maximum Gasteiger partial charge on any atom is 0.237 e. The first-order valence-electron chi connectivity index (χ1n) is 5.74. The molecule has 0 aromatic heterocycles. The molecule has 3 nitrogen and oxygen atoms in total. The monoisotopic (exact) mass is 298 g/mol. The molecule has 0 heterocycles. The first kappa shape index (κ1) is 14.2. The van der Waals surface area contributed by atoms with Gasteiger partial charge in [0.2, 0.25) is 5.91 Å². The number of rotatable bonds is 4. The molecule has 0 aliphatic carbocycles. The SMILES string of the molecule is CC(NC(=O)[C@@H](N)C(C)C)c1ccccc1Br. The van der Waals surface area contributed by atoms with Gasteiger partial charge in [-0.2, -0.15) is 0 Å². The van der Waals surface area contributed by atoms with E-state index in [4.69, 9.17) is 5.73 Å². The Kier molecular flexibility index (Phi) is 5.15. The predicted molar refractivity (Wildman–Crippen MR) is 73.5 cm³/mol. The molecule has 4 heteroatoms. The number of benzene rings is 1. The van der Waals surface area contributed by atoms with Gasteiger partial charge in [0, 0.05) is 4.47 Å². The molecule has 0 aliphatic rings. The van der Waals surface area contributed by atoms with E-state index in [-0.39, 0.29) is 17.9 Å². The average molecular weight is 299 g/mol. The van der Waals surface area contributed by atoms with Gasteiger partial charge in [0.1, 0.15) is 0 Å². The molecule has 0 saturated carbocycles. The van der Waals surface area contributed by atoms with Crippen molar-refractivity contribution in [2.24, 2.45) is 11.7 Å². The molecule has 1 aromatic carbocycles. The van der Waals surface area contributed by atoms with Crippen LogP contribution in [0.4, 0.5) is 0 Å². The van der Waals surface area contributed by atoms with Crippen molar-refractivity contribution in [3.05, 3.63) is 34.3 Å². The first-order chi connectivity index (χ1) is 7.93. The van der Waals surface area contributed by atoms with Gasteiger partial charge in [0.15, 0.2) is 0 Å². The van der Waals surface area contributed by atoms with Gasteiger partial charge in [-0.1, -0.05) is 48.0 Å². The minimum absolute atomic E-state index is 0.0529. The lowest BCUT2D eigenvalue weighted by atomic mass is 10.0.